The monoisotopic (exact) mass is 182 g/mol. The molecular weight excluding hydrogens is 164 g/mol. The van der Waals surface area contributed by atoms with Gasteiger partial charge in [0.05, 0.1) is 5.69 Å². The van der Waals surface area contributed by atoms with E-state index in [4.69, 9.17) is 10.3 Å². The summed E-state index contributed by atoms with van der Waals surface area (Å²) in [5, 5.41) is 3.95. The molecule has 0 aliphatic heterocycles. The minimum absolute atomic E-state index is 0.0723. The van der Waals surface area contributed by atoms with Crippen molar-refractivity contribution in [1.29, 1.82) is 0 Å². The van der Waals surface area contributed by atoms with E-state index in [1.54, 1.807) is 0 Å². The molecule has 1 heterocycles. The number of hydrogen-bond acceptors (Lipinski definition) is 3. The Balaban J connectivity index is 3.05. The quantitative estimate of drug-likeness (QED) is 0.777. The van der Waals surface area contributed by atoms with Crippen molar-refractivity contribution < 1.29 is 4.52 Å². The van der Waals surface area contributed by atoms with Crippen LogP contribution in [0.4, 0.5) is 0 Å². The van der Waals surface area contributed by atoms with Crippen LogP contribution in [0, 0.1) is 13.8 Å². The highest BCUT2D eigenvalue weighted by molar-refractivity contribution is 5.29. The molecule has 0 atom stereocenters. The SMILES string of the molecule is Cc1noc(C)c1C(C)(C)CCN. The van der Waals surface area contributed by atoms with Crippen LogP contribution in [0.25, 0.3) is 0 Å². The van der Waals surface area contributed by atoms with Gasteiger partial charge in [-0.15, -0.1) is 0 Å². The van der Waals surface area contributed by atoms with Gasteiger partial charge in [0.1, 0.15) is 5.76 Å². The van der Waals surface area contributed by atoms with Crippen molar-refractivity contribution in [3.63, 3.8) is 0 Å². The highest BCUT2D eigenvalue weighted by Gasteiger charge is 2.26. The minimum atomic E-state index is 0.0723. The van der Waals surface area contributed by atoms with Crippen LogP contribution in [0.3, 0.4) is 0 Å². The maximum Gasteiger partial charge on any atom is 0.137 e. The zero-order valence-corrected chi connectivity index (χ0v) is 8.85. The van der Waals surface area contributed by atoms with Gasteiger partial charge in [-0.25, -0.2) is 0 Å². The first-order valence-electron chi connectivity index (χ1n) is 4.62. The molecule has 13 heavy (non-hydrogen) atoms. The van der Waals surface area contributed by atoms with Gasteiger partial charge in [-0.3, -0.25) is 0 Å². The first kappa shape index (κ1) is 10.3. The predicted octanol–water partition coefficient (Wildman–Crippen LogP) is 1.92. The highest BCUT2D eigenvalue weighted by Crippen LogP contribution is 2.31. The summed E-state index contributed by atoms with van der Waals surface area (Å²) in [4.78, 5) is 0. The van der Waals surface area contributed by atoms with E-state index in [-0.39, 0.29) is 5.41 Å². The maximum absolute atomic E-state index is 5.57. The first-order chi connectivity index (χ1) is 5.99. The van der Waals surface area contributed by atoms with E-state index in [9.17, 15) is 0 Å². The van der Waals surface area contributed by atoms with Crippen LogP contribution in [-0.4, -0.2) is 11.7 Å². The van der Waals surface area contributed by atoms with Crippen LogP contribution in [0.1, 0.15) is 37.3 Å². The third-order valence-corrected chi connectivity index (χ3v) is 2.48. The number of nitrogens with two attached hydrogens (primary N) is 1. The van der Waals surface area contributed by atoms with Gasteiger partial charge in [0.25, 0.3) is 0 Å². The largest absolute Gasteiger partial charge is 0.361 e. The molecule has 0 radical (unpaired) electrons. The lowest BCUT2D eigenvalue weighted by Gasteiger charge is -2.23. The Labute approximate surface area is 79.3 Å². The van der Waals surface area contributed by atoms with Crippen molar-refractivity contribution in [1.82, 2.24) is 5.16 Å². The molecule has 1 aromatic heterocycles. The zero-order valence-electron chi connectivity index (χ0n) is 8.85. The zero-order chi connectivity index (χ0) is 10.1. The second-order valence-corrected chi connectivity index (χ2v) is 4.12. The Morgan fingerprint density at radius 1 is 1.38 bits per heavy atom. The van der Waals surface area contributed by atoms with Crippen molar-refractivity contribution >= 4 is 0 Å². The highest BCUT2D eigenvalue weighted by atomic mass is 16.5. The lowest BCUT2D eigenvalue weighted by molar-refractivity contribution is 0.387. The molecule has 0 saturated heterocycles. The van der Waals surface area contributed by atoms with Crippen LogP contribution in [0.2, 0.25) is 0 Å². The second-order valence-electron chi connectivity index (χ2n) is 4.12. The van der Waals surface area contributed by atoms with Gasteiger partial charge in [0.2, 0.25) is 0 Å². The Morgan fingerprint density at radius 3 is 2.38 bits per heavy atom. The van der Waals surface area contributed by atoms with E-state index in [0.29, 0.717) is 6.54 Å². The predicted molar refractivity (Wildman–Crippen MR) is 52.7 cm³/mol. The molecule has 2 N–H and O–H groups in total. The summed E-state index contributed by atoms with van der Waals surface area (Å²) in [6, 6.07) is 0. The van der Waals surface area contributed by atoms with E-state index in [0.717, 1.165) is 17.9 Å². The molecule has 0 fully saturated rings. The van der Waals surface area contributed by atoms with Gasteiger partial charge in [-0.05, 0) is 32.2 Å². The Kier molecular flexibility index (Phi) is 2.76. The molecular formula is C10H18N2O. The first-order valence-corrected chi connectivity index (χ1v) is 4.62. The molecule has 1 rings (SSSR count). The number of nitrogens with zero attached hydrogens (tertiary/aromatic N) is 1. The fourth-order valence-corrected chi connectivity index (χ4v) is 1.94. The van der Waals surface area contributed by atoms with Crippen molar-refractivity contribution in [3.05, 3.63) is 17.0 Å². The number of aromatic nitrogens is 1. The third kappa shape index (κ3) is 1.91. The summed E-state index contributed by atoms with van der Waals surface area (Å²) in [7, 11) is 0. The summed E-state index contributed by atoms with van der Waals surface area (Å²) in [6.45, 7) is 8.97. The molecule has 0 aliphatic rings. The Morgan fingerprint density at radius 2 is 2.00 bits per heavy atom. The molecule has 0 amide bonds. The summed E-state index contributed by atoms with van der Waals surface area (Å²) in [6.07, 6.45) is 0.954. The minimum Gasteiger partial charge on any atom is -0.361 e. The number of aryl methyl sites for hydroxylation is 2. The van der Waals surface area contributed by atoms with E-state index in [1.165, 1.54) is 5.56 Å². The molecule has 0 spiro atoms. The van der Waals surface area contributed by atoms with Crippen molar-refractivity contribution in [2.24, 2.45) is 5.73 Å². The molecule has 3 heteroatoms. The molecule has 0 aliphatic carbocycles. The Bertz CT molecular complexity index is 270. The van der Waals surface area contributed by atoms with E-state index < -0.39 is 0 Å². The second kappa shape index (κ2) is 3.50. The van der Waals surface area contributed by atoms with Crippen molar-refractivity contribution in [2.75, 3.05) is 6.54 Å². The number of hydrogen-bond donors (Lipinski definition) is 1. The number of rotatable bonds is 3. The fraction of sp³-hybridized carbons (Fsp3) is 0.700. The van der Waals surface area contributed by atoms with Gasteiger partial charge in [0.15, 0.2) is 0 Å². The molecule has 3 nitrogen and oxygen atoms in total. The smallest absolute Gasteiger partial charge is 0.137 e. The molecule has 0 unspecified atom stereocenters. The lowest BCUT2D eigenvalue weighted by Crippen LogP contribution is -2.22. The lowest BCUT2D eigenvalue weighted by atomic mass is 9.80. The Hall–Kier alpha value is -0.830. The standard InChI is InChI=1S/C10H18N2O/c1-7-9(8(2)13-12-7)10(3,4)5-6-11/h5-6,11H2,1-4H3. The van der Waals surface area contributed by atoms with Gasteiger partial charge >= 0.3 is 0 Å². The van der Waals surface area contributed by atoms with E-state index in [2.05, 4.69) is 19.0 Å². The molecule has 0 bridgehead atoms. The van der Waals surface area contributed by atoms with E-state index >= 15 is 0 Å². The average molecular weight is 182 g/mol. The van der Waals surface area contributed by atoms with Crippen LogP contribution < -0.4 is 5.73 Å². The van der Waals surface area contributed by atoms with Crippen LogP contribution in [0.5, 0.6) is 0 Å². The van der Waals surface area contributed by atoms with Crippen LogP contribution in [0.15, 0.2) is 4.52 Å². The molecule has 0 saturated carbocycles. The summed E-state index contributed by atoms with van der Waals surface area (Å²) >= 11 is 0. The van der Waals surface area contributed by atoms with Gasteiger partial charge in [-0.1, -0.05) is 19.0 Å². The van der Waals surface area contributed by atoms with E-state index in [1.807, 2.05) is 13.8 Å². The van der Waals surface area contributed by atoms with Gasteiger partial charge in [0, 0.05) is 5.56 Å². The summed E-state index contributed by atoms with van der Waals surface area (Å²) < 4.78 is 5.14. The maximum atomic E-state index is 5.57. The normalized spacial score (nSPS) is 12.1. The van der Waals surface area contributed by atoms with Gasteiger partial charge < -0.3 is 10.3 Å². The van der Waals surface area contributed by atoms with Gasteiger partial charge in [-0.2, -0.15) is 0 Å². The van der Waals surface area contributed by atoms with Crippen molar-refractivity contribution in [3.8, 4) is 0 Å². The third-order valence-electron chi connectivity index (χ3n) is 2.48. The summed E-state index contributed by atoms with van der Waals surface area (Å²) in [5.74, 6) is 0.913. The molecule has 0 aromatic carbocycles. The molecule has 74 valence electrons. The van der Waals surface area contributed by atoms with Crippen LogP contribution in [-0.2, 0) is 5.41 Å². The van der Waals surface area contributed by atoms with Crippen LogP contribution >= 0.6 is 0 Å². The average Bonchev–Trinajstić information content (AvgIpc) is 2.31. The fourth-order valence-electron chi connectivity index (χ4n) is 1.94. The molecule has 1 aromatic rings. The summed E-state index contributed by atoms with van der Waals surface area (Å²) in [5.41, 5.74) is 7.83. The van der Waals surface area contributed by atoms with Crippen molar-refractivity contribution in [2.45, 2.75) is 39.5 Å². The topological polar surface area (TPSA) is 52.0 Å².